The molecule has 1 saturated heterocycles. The number of carbonyl (C=O) groups excluding carboxylic acids is 1. The van der Waals surface area contributed by atoms with E-state index in [0.717, 1.165) is 11.1 Å². The summed E-state index contributed by atoms with van der Waals surface area (Å²) in [5.74, 6) is -1.87. The Hall–Kier alpha value is -1.67. The third kappa shape index (κ3) is 3.48. The second kappa shape index (κ2) is 5.76. The van der Waals surface area contributed by atoms with Gasteiger partial charge in [0.25, 0.3) is 10.0 Å². The van der Waals surface area contributed by atoms with Crippen LogP contribution in [-0.2, 0) is 31.1 Å². The molecule has 2 aliphatic rings. The number of hydrogen-bond donors (Lipinski definition) is 1. The van der Waals surface area contributed by atoms with E-state index in [1.165, 1.54) is 0 Å². The van der Waals surface area contributed by atoms with E-state index in [9.17, 15) is 21.6 Å². The SMILES string of the molecule is O=C(NS(=O)(=O)C1=Cc2ccccc2CC1)[C@@H]1CCS(=O)(=O)C1. The van der Waals surface area contributed by atoms with Crippen LogP contribution in [0.3, 0.4) is 0 Å². The Balaban J connectivity index is 1.78. The normalized spacial score (nSPS) is 23.0. The van der Waals surface area contributed by atoms with Crippen molar-refractivity contribution in [1.29, 1.82) is 0 Å². The van der Waals surface area contributed by atoms with Gasteiger partial charge >= 0.3 is 0 Å². The number of amides is 1. The summed E-state index contributed by atoms with van der Waals surface area (Å²) in [7, 11) is -7.16. The highest BCUT2D eigenvalue weighted by Crippen LogP contribution is 2.27. The van der Waals surface area contributed by atoms with E-state index < -0.39 is 31.7 Å². The number of carbonyl (C=O) groups is 1. The van der Waals surface area contributed by atoms with Gasteiger partial charge in [0.05, 0.1) is 22.3 Å². The van der Waals surface area contributed by atoms with E-state index in [1.807, 2.05) is 29.0 Å². The van der Waals surface area contributed by atoms with Crippen molar-refractivity contribution in [3.8, 4) is 0 Å². The Morgan fingerprint density at radius 1 is 1.17 bits per heavy atom. The maximum Gasteiger partial charge on any atom is 0.260 e. The molecular formula is C15H17NO5S2. The number of aryl methyl sites for hydroxylation is 1. The monoisotopic (exact) mass is 355 g/mol. The third-order valence-corrected chi connectivity index (χ3v) is 7.45. The molecule has 1 N–H and O–H groups in total. The van der Waals surface area contributed by atoms with E-state index in [4.69, 9.17) is 0 Å². The van der Waals surface area contributed by atoms with Crippen molar-refractivity contribution >= 4 is 31.8 Å². The van der Waals surface area contributed by atoms with Gasteiger partial charge in [0, 0.05) is 0 Å². The van der Waals surface area contributed by atoms with Gasteiger partial charge in [0.2, 0.25) is 5.91 Å². The van der Waals surface area contributed by atoms with E-state index in [1.54, 1.807) is 6.08 Å². The van der Waals surface area contributed by atoms with Crippen LogP contribution in [0.15, 0.2) is 29.2 Å². The summed E-state index contributed by atoms with van der Waals surface area (Å²) in [5.41, 5.74) is 1.90. The number of fused-ring (bicyclic) bond motifs is 1. The molecule has 1 fully saturated rings. The van der Waals surface area contributed by atoms with Gasteiger partial charge in [-0.2, -0.15) is 0 Å². The van der Waals surface area contributed by atoms with Crippen molar-refractivity contribution in [3.63, 3.8) is 0 Å². The molecular weight excluding hydrogens is 338 g/mol. The van der Waals surface area contributed by atoms with Crippen LogP contribution >= 0.6 is 0 Å². The topological polar surface area (TPSA) is 97.4 Å². The molecule has 124 valence electrons. The van der Waals surface area contributed by atoms with Gasteiger partial charge in [-0.15, -0.1) is 0 Å². The third-order valence-electron chi connectivity index (χ3n) is 4.20. The van der Waals surface area contributed by atoms with Gasteiger partial charge in [0.15, 0.2) is 9.84 Å². The molecule has 23 heavy (non-hydrogen) atoms. The van der Waals surface area contributed by atoms with Crippen LogP contribution in [0.25, 0.3) is 6.08 Å². The van der Waals surface area contributed by atoms with Crippen LogP contribution in [0, 0.1) is 5.92 Å². The van der Waals surface area contributed by atoms with Crippen LogP contribution in [-0.4, -0.2) is 34.2 Å². The van der Waals surface area contributed by atoms with Crippen molar-refractivity contribution in [2.24, 2.45) is 5.92 Å². The van der Waals surface area contributed by atoms with Crippen LogP contribution in [0.5, 0.6) is 0 Å². The molecule has 3 rings (SSSR count). The number of nitrogens with one attached hydrogen (secondary N) is 1. The van der Waals surface area contributed by atoms with Crippen molar-refractivity contribution in [2.45, 2.75) is 19.3 Å². The summed E-state index contributed by atoms with van der Waals surface area (Å²) in [6, 6.07) is 7.49. The molecule has 6 nitrogen and oxygen atoms in total. The van der Waals surface area contributed by atoms with Crippen LogP contribution in [0.1, 0.15) is 24.0 Å². The molecule has 0 saturated carbocycles. The number of sulfonamides is 1. The molecule has 8 heteroatoms. The summed E-state index contributed by atoms with van der Waals surface area (Å²) in [6.07, 6.45) is 2.66. The highest BCUT2D eigenvalue weighted by Gasteiger charge is 2.35. The number of hydrogen-bond acceptors (Lipinski definition) is 5. The van der Waals surface area contributed by atoms with Crippen LogP contribution in [0.2, 0.25) is 0 Å². The Bertz CT molecular complexity index is 884. The molecule has 1 amide bonds. The second-order valence-corrected chi connectivity index (χ2v) is 9.84. The zero-order valence-corrected chi connectivity index (χ0v) is 14.0. The number of rotatable bonds is 3. The van der Waals surface area contributed by atoms with E-state index >= 15 is 0 Å². The quantitative estimate of drug-likeness (QED) is 0.867. The number of benzene rings is 1. The van der Waals surface area contributed by atoms with Crippen molar-refractivity contribution in [2.75, 3.05) is 11.5 Å². The Kier molecular flexibility index (Phi) is 4.05. The molecule has 0 bridgehead atoms. The van der Waals surface area contributed by atoms with E-state index in [-0.39, 0.29) is 22.8 Å². The smallest absolute Gasteiger partial charge is 0.260 e. The molecule has 0 spiro atoms. The molecule has 1 aromatic carbocycles. The van der Waals surface area contributed by atoms with Crippen molar-refractivity contribution in [1.82, 2.24) is 4.72 Å². The minimum absolute atomic E-state index is 0.0682. The Morgan fingerprint density at radius 2 is 1.91 bits per heavy atom. The lowest BCUT2D eigenvalue weighted by molar-refractivity contribution is -0.122. The molecule has 1 aliphatic heterocycles. The molecule has 0 unspecified atom stereocenters. The minimum Gasteiger partial charge on any atom is -0.274 e. The first-order valence-corrected chi connectivity index (χ1v) is 10.6. The lowest BCUT2D eigenvalue weighted by Crippen LogP contribution is -2.37. The van der Waals surface area contributed by atoms with Gasteiger partial charge in [-0.1, -0.05) is 24.3 Å². The molecule has 1 aromatic rings. The average molecular weight is 355 g/mol. The predicted molar refractivity (Wildman–Crippen MR) is 86.6 cm³/mol. The van der Waals surface area contributed by atoms with Crippen molar-refractivity contribution in [3.05, 3.63) is 40.3 Å². The average Bonchev–Trinajstić information content (AvgIpc) is 2.86. The van der Waals surface area contributed by atoms with Crippen LogP contribution < -0.4 is 4.72 Å². The van der Waals surface area contributed by atoms with Gasteiger partial charge in [-0.3, -0.25) is 4.79 Å². The lowest BCUT2D eigenvalue weighted by atomic mass is 9.98. The first-order valence-electron chi connectivity index (χ1n) is 7.32. The Morgan fingerprint density at radius 3 is 2.61 bits per heavy atom. The van der Waals surface area contributed by atoms with Crippen LogP contribution in [0.4, 0.5) is 0 Å². The first-order chi connectivity index (χ1) is 10.8. The van der Waals surface area contributed by atoms with E-state index in [2.05, 4.69) is 0 Å². The van der Waals surface area contributed by atoms with E-state index in [0.29, 0.717) is 12.8 Å². The first kappa shape index (κ1) is 16.2. The second-order valence-electron chi connectivity index (χ2n) is 5.88. The summed E-state index contributed by atoms with van der Waals surface area (Å²) in [5, 5.41) is 0. The maximum atomic E-state index is 12.4. The fourth-order valence-electron chi connectivity index (χ4n) is 2.90. The number of sulfone groups is 1. The highest BCUT2D eigenvalue weighted by atomic mass is 32.2. The standard InChI is InChI=1S/C15H17NO5S2/c17-15(13-7-8-22(18,19)10-13)16-23(20,21)14-6-5-11-3-1-2-4-12(11)9-14/h1-4,9,13H,5-8,10H2,(H,16,17)/t13-/m1/s1. The molecule has 0 radical (unpaired) electrons. The summed E-state index contributed by atoms with van der Waals surface area (Å²) in [6.45, 7) is 0. The zero-order valence-electron chi connectivity index (χ0n) is 12.4. The highest BCUT2D eigenvalue weighted by molar-refractivity contribution is 7.94. The summed E-state index contributed by atoms with van der Waals surface area (Å²) >= 11 is 0. The lowest BCUT2D eigenvalue weighted by Gasteiger charge is -2.17. The van der Waals surface area contributed by atoms with Crippen molar-refractivity contribution < 1.29 is 21.6 Å². The minimum atomic E-state index is -3.93. The van der Waals surface area contributed by atoms with Gasteiger partial charge in [-0.05, 0) is 36.5 Å². The fraction of sp³-hybridized carbons (Fsp3) is 0.400. The summed E-state index contributed by atoms with van der Waals surface area (Å²) < 4.78 is 49.6. The maximum absolute atomic E-state index is 12.4. The molecule has 1 heterocycles. The predicted octanol–water partition coefficient (Wildman–Crippen LogP) is 0.854. The Labute approximate surface area is 135 Å². The molecule has 1 atom stereocenters. The van der Waals surface area contributed by atoms with Gasteiger partial charge in [0.1, 0.15) is 0 Å². The van der Waals surface area contributed by atoms with Gasteiger partial charge in [-0.25, -0.2) is 21.6 Å². The zero-order chi connectivity index (χ0) is 16.7. The molecule has 1 aliphatic carbocycles. The summed E-state index contributed by atoms with van der Waals surface area (Å²) in [4.78, 5) is 12.2. The largest absolute Gasteiger partial charge is 0.274 e. The number of allylic oxidation sites excluding steroid dienone is 1. The molecule has 0 aromatic heterocycles. The van der Waals surface area contributed by atoms with Gasteiger partial charge < -0.3 is 0 Å². The fourth-order valence-corrected chi connectivity index (χ4v) is 5.86.